The fourth-order valence-corrected chi connectivity index (χ4v) is 12.2. The van der Waals surface area contributed by atoms with Crippen LogP contribution in [0.5, 0.6) is 11.5 Å². The van der Waals surface area contributed by atoms with Crippen LogP contribution in [0.25, 0.3) is 0 Å². The van der Waals surface area contributed by atoms with Gasteiger partial charge in [-0.2, -0.15) is 14.4 Å². The van der Waals surface area contributed by atoms with Crippen LogP contribution in [0.15, 0.2) is 73.1 Å². The molecule has 6 aliphatic rings. The first-order valence-corrected chi connectivity index (χ1v) is 32.6. The van der Waals surface area contributed by atoms with Gasteiger partial charge in [-0.3, -0.25) is 25.0 Å². The van der Waals surface area contributed by atoms with Crippen molar-refractivity contribution in [3.8, 4) is 11.5 Å². The second kappa shape index (κ2) is 35.1. The van der Waals surface area contributed by atoms with E-state index in [-0.39, 0.29) is 117 Å². The largest absolute Gasteiger partial charge is 1.00 e. The third kappa shape index (κ3) is 21.8. The number of ether oxygens (including phenoxy) is 4. The van der Waals surface area contributed by atoms with E-state index >= 15 is 0 Å². The Kier molecular flexibility index (Phi) is 28.6. The maximum absolute atomic E-state index is 14.1. The Hall–Kier alpha value is -7.56. The summed E-state index contributed by atoms with van der Waals surface area (Å²) in [6.45, 7) is 24.5. The van der Waals surface area contributed by atoms with Crippen molar-refractivity contribution in [1.82, 2.24) is 45.3 Å². The van der Waals surface area contributed by atoms with Gasteiger partial charge in [0.25, 0.3) is 5.69 Å². The number of aliphatic hydroxyl groups is 2. The zero-order valence-electron chi connectivity index (χ0n) is 59.3. The normalized spacial score (nSPS) is 19.2. The molecular weight excluding hydrogens is 1370 g/mol. The third-order valence-corrected chi connectivity index (χ3v) is 17.4. The summed E-state index contributed by atoms with van der Waals surface area (Å²) < 4.78 is 62.2. The van der Waals surface area contributed by atoms with Gasteiger partial charge in [0, 0.05) is 161 Å². The van der Waals surface area contributed by atoms with Crippen molar-refractivity contribution in [3.63, 3.8) is 0 Å². The number of hydrogen-bond acceptors (Lipinski definition) is 25. The number of hydrogen-bond donors (Lipinski definition) is 8. The molecule has 0 bridgehead atoms. The van der Waals surface area contributed by atoms with E-state index in [2.05, 4.69) is 85.4 Å². The third-order valence-electron chi connectivity index (χ3n) is 16.8. The number of methoxy groups -OCH3 is 2. The van der Waals surface area contributed by atoms with Gasteiger partial charge in [0.2, 0.25) is 17.7 Å². The Morgan fingerprint density at radius 1 is 0.653 bits per heavy atom. The quantitative estimate of drug-likeness (QED) is 0.0221. The number of nitrogens with one attached hydrogen (secondary N) is 6. The van der Waals surface area contributed by atoms with E-state index in [1.807, 2.05) is 20.8 Å². The maximum atomic E-state index is 14.1. The number of rotatable bonds is 16. The zero-order chi connectivity index (χ0) is 72.6. The number of esters is 1. The summed E-state index contributed by atoms with van der Waals surface area (Å²) in [6, 6.07) is 14.6. The van der Waals surface area contributed by atoms with E-state index in [1.54, 1.807) is 24.0 Å². The monoisotopic (exact) mass is 1460 g/mol. The van der Waals surface area contributed by atoms with Gasteiger partial charge in [-0.1, -0.05) is 23.2 Å². The van der Waals surface area contributed by atoms with Gasteiger partial charge in [0.15, 0.2) is 17.4 Å². The molecule has 12 rings (SSSR count). The van der Waals surface area contributed by atoms with Crippen LogP contribution in [0.3, 0.4) is 0 Å². The molecule has 6 atom stereocenters. The van der Waals surface area contributed by atoms with Gasteiger partial charge < -0.3 is 82.1 Å². The Morgan fingerprint density at radius 2 is 1.12 bits per heavy atom. The summed E-state index contributed by atoms with van der Waals surface area (Å²) in [6.07, 6.45) is 2.70. The van der Waals surface area contributed by atoms with Crippen molar-refractivity contribution in [3.05, 3.63) is 132 Å². The number of nitro benzene ring substituents is 2. The molecule has 101 heavy (non-hydrogen) atoms. The summed E-state index contributed by atoms with van der Waals surface area (Å²) >= 11 is 11.9. The summed E-state index contributed by atoms with van der Waals surface area (Å²) in [5, 5.41) is 62.1. The first-order chi connectivity index (χ1) is 46.5. The topological polar surface area (TPSA) is 334 Å². The summed E-state index contributed by atoms with van der Waals surface area (Å²) in [5.41, 5.74) is -1.82. The van der Waals surface area contributed by atoms with Crippen LogP contribution in [-0.4, -0.2) is 202 Å². The second-order valence-electron chi connectivity index (χ2n) is 26.6. The zero-order valence-corrected chi connectivity index (χ0v) is 59.8. The fraction of sp³-hybridized carbons (Fsp3) is 0.485. The van der Waals surface area contributed by atoms with Crippen LogP contribution in [0, 0.1) is 55.4 Å². The number of amides is 1. The minimum atomic E-state index is -1.39. The Labute approximate surface area is 618 Å². The molecule has 1 amide bonds. The SMILES string of the molecule is CC(C)(C)OC(=O)N1C[C@H]2CN[C@H]2C1.CCOC(C)=O.CN1C[C@H]2CN[C@H]2C1.COc1cc(F)c([N+](=O)[O-])cc1Nc1nccc(Nc2cc(Cl)c(F)cc2C(C)(C)O)n1.COc1cc(N2C[C@@H]3CN(C)C[C@@H]32)c([N+](=O)[O-])cc1Nc1nccc(Nc2cc(Cl)c(F)cc2C(C)(C)O)n1.[AlH3].[H-].[Li+]. The number of benzene rings is 4. The van der Waals surface area contributed by atoms with Crippen LogP contribution < -0.4 is 65.1 Å². The molecule has 35 heteroatoms. The molecule has 6 aromatic rings. The first kappa shape index (κ1) is 82.4. The number of likely N-dealkylation sites (N-methyl/N-ethyl adjacent to an activating group) is 2. The molecule has 8 N–H and O–H groups in total. The van der Waals surface area contributed by atoms with Crippen LogP contribution in [-0.2, 0) is 25.5 Å². The Bertz CT molecular complexity index is 3910. The molecule has 6 aliphatic heterocycles. The number of likely N-dealkylation sites (tertiary alicyclic amines) is 3. The van der Waals surface area contributed by atoms with E-state index in [0.717, 1.165) is 69.4 Å². The van der Waals surface area contributed by atoms with Gasteiger partial charge in [0.05, 0.1) is 63.3 Å². The molecule has 8 heterocycles. The minimum Gasteiger partial charge on any atom is -1.00 e. The molecule has 0 unspecified atom stereocenters. The average Bonchev–Trinajstić information content (AvgIpc) is 1.48. The van der Waals surface area contributed by atoms with Crippen molar-refractivity contribution in [2.45, 2.75) is 97.2 Å². The molecular formula is C66H89AlCl2F3LiN16O12. The van der Waals surface area contributed by atoms with Crippen LogP contribution in [0.1, 0.15) is 74.9 Å². The van der Waals surface area contributed by atoms with Gasteiger partial charge in [-0.15, -0.1) is 0 Å². The van der Waals surface area contributed by atoms with Crippen molar-refractivity contribution in [2.75, 3.05) is 120 Å². The Morgan fingerprint density at radius 3 is 1.50 bits per heavy atom. The minimum absolute atomic E-state index is 0. The van der Waals surface area contributed by atoms with E-state index in [9.17, 15) is 53.2 Å². The smallest absolute Gasteiger partial charge is 1.00 e. The summed E-state index contributed by atoms with van der Waals surface area (Å²) in [5.74, 6) is 0.642. The number of halogens is 5. The van der Waals surface area contributed by atoms with E-state index < -0.39 is 44.2 Å². The molecule has 4 aromatic carbocycles. The average molecular weight is 1460 g/mol. The van der Waals surface area contributed by atoms with Gasteiger partial charge in [-0.05, 0) is 106 Å². The van der Waals surface area contributed by atoms with E-state index in [0.29, 0.717) is 58.8 Å². The fourth-order valence-electron chi connectivity index (χ4n) is 11.9. The van der Waals surface area contributed by atoms with E-state index in [1.165, 1.54) is 111 Å². The Balaban J connectivity index is 0.000000263. The summed E-state index contributed by atoms with van der Waals surface area (Å²) in [4.78, 5) is 68.7. The second-order valence-corrected chi connectivity index (χ2v) is 27.4. The molecule has 28 nitrogen and oxygen atoms in total. The first-order valence-electron chi connectivity index (χ1n) is 31.8. The predicted molar refractivity (Wildman–Crippen MR) is 381 cm³/mol. The van der Waals surface area contributed by atoms with Crippen LogP contribution in [0.2, 0.25) is 10.0 Å². The van der Waals surface area contributed by atoms with Crippen molar-refractivity contribution in [1.29, 1.82) is 0 Å². The predicted octanol–water partition coefficient (Wildman–Crippen LogP) is 6.54. The van der Waals surface area contributed by atoms with Crippen molar-refractivity contribution >= 4 is 116 Å². The molecule has 0 aliphatic carbocycles. The molecule has 6 saturated heterocycles. The molecule has 2 aromatic heterocycles. The number of nitrogens with zero attached hydrogens (tertiary/aromatic N) is 10. The van der Waals surface area contributed by atoms with Crippen LogP contribution in [0.4, 0.5) is 81.3 Å². The molecule has 6 fully saturated rings. The molecule has 0 spiro atoms. The van der Waals surface area contributed by atoms with Crippen molar-refractivity contribution in [2.24, 2.45) is 17.8 Å². The number of aromatic nitrogens is 4. The van der Waals surface area contributed by atoms with Crippen LogP contribution >= 0.6 is 23.2 Å². The molecule has 0 radical (unpaired) electrons. The number of nitro groups is 2. The molecule has 544 valence electrons. The number of carbonyl (C=O) groups excluding carboxylic acids is 2. The number of fused-ring (bicyclic) bond motifs is 3. The van der Waals surface area contributed by atoms with E-state index in [4.69, 9.17) is 37.4 Å². The van der Waals surface area contributed by atoms with Crippen molar-refractivity contribution < 1.29 is 82.1 Å². The number of anilines is 9. The van der Waals surface area contributed by atoms with Gasteiger partial charge in [-0.25, -0.2) is 23.5 Å². The van der Waals surface area contributed by atoms with Gasteiger partial charge >= 0.3 is 36.6 Å². The molecule has 0 saturated carbocycles. The maximum Gasteiger partial charge on any atom is 1.00 e. The summed E-state index contributed by atoms with van der Waals surface area (Å²) in [7, 11) is 7.02. The standard InChI is InChI=1S/C26H29ClFN7O4.C20H18ClF2N5O4.C10H18N2O2.C6H12N2.C4H8O2.Al.Li.4H/c1-26(2,36)15-7-17(28)16(27)8-18(15)30-24-5-6-29-25(32-24)31-19-9-21(35(37)38)20(10-23(19)39-4)34-12-14-11-33(3)13-22(14)34;1-20(2,29)10-6-12(22)11(21)7-14(10)25-18-4-5-24-19(27-18)26-15-9-16(28(30)31)13(23)8-17(15)32-3;1-10(2,3)14-9(13)12-5-7-4-11-8(7)6-12;1-8-3-5-2-7-6(5)4-8;1-3-6-4(2)5;;;;;;/h5-10,14,22,36H,11-13H2,1-4H3,(H2,29,30,31,32);4-9,29H,1-3H3,(H2,24,25,26,27);7-8,11H,4-6H2,1-3H3;5-7H,2-4H2,1H3;3H2,1-2H3;;;;;;/q;;;;;;+1;;;;-1/t14-,22-;;7-,8+;5-,6+;;;;;;;/m0.11......./s1. The number of carbonyl (C=O) groups is 2. The van der Waals surface area contributed by atoms with Gasteiger partial charge in [0.1, 0.15) is 46.1 Å².